The van der Waals surface area contributed by atoms with Crippen molar-refractivity contribution >= 4 is 77.4 Å². The summed E-state index contributed by atoms with van der Waals surface area (Å²) in [5.74, 6) is 5.69. The summed E-state index contributed by atoms with van der Waals surface area (Å²) in [5, 5.41) is 0. The molecule has 0 unspecified atom stereocenters. The van der Waals surface area contributed by atoms with Crippen LogP contribution >= 0.6 is 11.8 Å². The zero-order valence-corrected chi connectivity index (χ0v) is 73.7. The molecule has 5 saturated heterocycles. The molecule has 122 heavy (non-hydrogen) atoms. The van der Waals surface area contributed by atoms with Crippen LogP contribution in [0.3, 0.4) is 0 Å². The molecule has 0 radical (unpaired) electrons. The molecular weight excluding hydrogens is 1640 g/mol. The van der Waals surface area contributed by atoms with E-state index in [1.807, 2.05) is 134 Å². The van der Waals surface area contributed by atoms with Gasteiger partial charge in [0.1, 0.15) is 87.7 Å². The minimum atomic E-state index is -3.18. The molecule has 0 N–H and O–H groups in total. The van der Waals surface area contributed by atoms with Crippen molar-refractivity contribution < 1.29 is 73.5 Å². The van der Waals surface area contributed by atoms with E-state index in [-0.39, 0.29) is 97.4 Å². The molecular formula is C89H99N13O16S4. The summed E-state index contributed by atoms with van der Waals surface area (Å²) in [6.45, 7) is 22.8. The second kappa shape index (κ2) is 41.5. The van der Waals surface area contributed by atoms with Crippen LogP contribution in [0.15, 0.2) is 152 Å². The lowest BCUT2D eigenvalue weighted by Crippen LogP contribution is -2.55. The van der Waals surface area contributed by atoms with Gasteiger partial charge in [-0.2, -0.15) is 20.4 Å². The molecule has 0 bridgehead atoms. The Morgan fingerprint density at radius 1 is 0.352 bits per heavy atom. The van der Waals surface area contributed by atoms with Crippen molar-refractivity contribution in [1.29, 1.82) is 0 Å². The number of ether oxygens (including phenoxy) is 5. The maximum absolute atomic E-state index is 12.5. The number of hydrogen-bond acceptors (Lipinski definition) is 27. The van der Waals surface area contributed by atoms with Gasteiger partial charge in [-0.25, -0.2) is 41.8 Å². The van der Waals surface area contributed by atoms with E-state index in [9.17, 15) is 49.8 Å². The Kier molecular flexibility index (Phi) is 31.1. The normalized spacial score (nSPS) is 15.9. The summed E-state index contributed by atoms with van der Waals surface area (Å²) in [5.41, 5.74) is 14.3. The summed E-state index contributed by atoms with van der Waals surface area (Å²) >= 11 is 1.87. The molecule has 0 saturated carbocycles. The zero-order valence-electron chi connectivity index (χ0n) is 70.4. The highest BCUT2D eigenvalue weighted by Crippen LogP contribution is 2.29. The SMILES string of the molecule is CC(=O)N1CC(Oc2cc(C)nc(C(=O)Cc3ccc(C)cn3)c2)C1.Cc1ccc(CC(=O)c2cc(OC3CN(S(C)(=O)=O)C3)cc(C)n2)nc1.Cc1ccc(CC(=O)c2cc(OC3CN(S(C)(=O)=O)C3)cc(C)n2)nc1.Cc1ccc(CC(=O)c2cc(OC3CS(=O)C3)cc(C)n2)nc1.Cc1ccc(CC(=O)c2cc(OC3CSC3)cc(C)n2)nc1. The number of ketones is 5. The van der Waals surface area contributed by atoms with Crippen LogP contribution in [0.5, 0.6) is 28.7 Å². The first-order chi connectivity index (χ1) is 57.9. The third kappa shape index (κ3) is 27.8. The lowest BCUT2D eigenvalue weighted by Gasteiger charge is -2.38. The Bertz CT molecular complexity index is 5530. The van der Waals surface area contributed by atoms with Crippen molar-refractivity contribution in [3.05, 3.63) is 266 Å². The number of nitrogens with zero attached hydrogens (tertiary/aromatic N) is 13. The standard InChI is InChI=1S/C19H21N3O3.2C18H21N3O4S.C17H18N2O3S.C17H18N2O2S/c1-12-4-5-15(20-9-12)7-19(24)18-8-16(6-13(2)21-18)25-17-10-22(11-17)14(3)23;2*1-12-4-5-14(19-9-12)7-18(22)17-8-15(6-13(2)20-17)25-16-10-21(11-16)26(3,23)24;1-11-3-4-13(18-8-11)6-17(20)16-7-14(5-12(2)19-16)22-15-9-23(21)10-15;1-11-3-4-13(18-8-11)6-17(20)16-7-14(5-12(2)19-16)21-15-9-22-10-15/h4-6,8-9,17H,7,10-11H2,1-3H3;2*4-6,8-9,16H,7,10-11H2,1-3H3;3-5,7-8,15H,6,9-10H2,1-2H3;3-5,7-8,15H,6,9-10H2,1-2H3. The maximum atomic E-state index is 12.5. The van der Waals surface area contributed by atoms with Crippen molar-refractivity contribution in [2.24, 2.45) is 0 Å². The smallest absolute Gasteiger partial charge is 0.219 e. The van der Waals surface area contributed by atoms with Crippen molar-refractivity contribution in [3.63, 3.8) is 0 Å². The number of aromatic nitrogens is 10. The van der Waals surface area contributed by atoms with Crippen LogP contribution in [0.25, 0.3) is 0 Å². The molecule has 5 aliphatic heterocycles. The van der Waals surface area contributed by atoms with Gasteiger partial charge in [-0.1, -0.05) is 30.3 Å². The molecule has 5 aliphatic rings. The maximum Gasteiger partial charge on any atom is 0.219 e. The Labute approximate surface area is 717 Å². The average Bonchev–Trinajstić information content (AvgIpc) is 0.802. The first-order valence-electron chi connectivity index (χ1n) is 39.5. The van der Waals surface area contributed by atoms with E-state index < -0.39 is 30.8 Å². The van der Waals surface area contributed by atoms with E-state index >= 15 is 0 Å². The summed E-state index contributed by atoms with van der Waals surface area (Å²) in [7, 11) is -7.12. The molecule has 10 aromatic heterocycles. The predicted octanol–water partition coefficient (Wildman–Crippen LogP) is 10.3. The summed E-state index contributed by atoms with van der Waals surface area (Å²) in [6.07, 6.45) is 11.9. The number of Topliss-reactive ketones (excluding diaryl/α,β-unsaturated/α-hetero) is 5. The van der Waals surface area contributed by atoms with Gasteiger partial charge in [0.05, 0.1) is 95.4 Å². The first kappa shape index (κ1) is 91.4. The highest BCUT2D eigenvalue weighted by molar-refractivity contribution is 8.00. The van der Waals surface area contributed by atoms with Crippen LogP contribution in [-0.2, 0) is 67.7 Å². The summed E-state index contributed by atoms with van der Waals surface area (Å²) in [4.78, 5) is 118. The van der Waals surface area contributed by atoms with Crippen LogP contribution in [0.1, 0.15) is 144 Å². The number of hydrogen-bond donors (Lipinski definition) is 0. The fraction of sp³-hybridized carbons (Fsp3) is 0.371. The lowest BCUT2D eigenvalue weighted by molar-refractivity contribution is -0.137. The second-order valence-corrected chi connectivity index (χ2v) is 37.5. The number of thioether (sulfide) groups is 1. The van der Waals surface area contributed by atoms with Crippen LogP contribution in [0, 0.1) is 69.2 Å². The van der Waals surface area contributed by atoms with Crippen molar-refractivity contribution in [2.75, 3.05) is 74.8 Å². The average molecular weight is 1740 g/mol. The third-order valence-corrected chi connectivity index (χ3v) is 24.5. The second-order valence-electron chi connectivity index (χ2n) is 30.9. The highest BCUT2D eigenvalue weighted by Gasteiger charge is 2.37. The summed E-state index contributed by atoms with van der Waals surface area (Å²) in [6, 6.07) is 36.1. The Morgan fingerprint density at radius 2 is 0.582 bits per heavy atom. The minimum absolute atomic E-state index is 0.0284. The molecule has 15 rings (SSSR count). The van der Waals surface area contributed by atoms with Crippen LogP contribution in [0.2, 0.25) is 0 Å². The molecule has 0 aromatic carbocycles. The molecule has 5 fully saturated rings. The summed E-state index contributed by atoms with van der Waals surface area (Å²) < 4.78 is 88.6. The highest BCUT2D eigenvalue weighted by atomic mass is 32.2. The number of sulfonamides is 2. The molecule has 640 valence electrons. The lowest BCUT2D eigenvalue weighted by atomic mass is 10.1. The molecule has 0 aliphatic carbocycles. The zero-order chi connectivity index (χ0) is 87.7. The molecule has 1 amide bonds. The number of aryl methyl sites for hydroxylation is 10. The van der Waals surface area contributed by atoms with Gasteiger partial charge in [0, 0.05) is 178 Å². The van der Waals surface area contributed by atoms with Crippen molar-refractivity contribution in [2.45, 2.75) is 139 Å². The number of carbonyl (C=O) groups excluding carboxylic acids is 6. The van der Waals surface area contributed by atoms with Gasteiger partial charge in [0.25, 0.3) is 0 Å². The van der Waals surface area contributed by atoms with Crippen LogP contribution in [0.4, 0.5) is 0 Å². The Balaban J connectivity index is 0.000000149. The fourth-order valence-corrected chi connectivity index (χ4v) is 15.6. The van der Waals surface area contributed by atoms with E-state index in [2.05, 4.69) is 49.8 Å². The van der Waals surface area contributed by atoms with Crippen LogP contribution in [-0.4, -0.2) is 225 Å². The van der Waals surface area contributed by atoms with Gasteiger partial charge in [-0.05, 0) is 127 Å². The molecule has 29 nitrogen and oxygen atoms in total. The van der Waals surface area contributed by atoms with E-state index in [0.717, 1.165) is 79.2 Å². The van der Waals surface area contributed by atoms with E-state index in [1.165, 1.54) is 21.1 Å². The molecule has 0 spiro atoms. The van der Waals surface area contributed by atoms with Gasteiger partial charge >= 0.3 is 0 Å². The number of pyridine rings is 10. The first-order valence-corrected chi connectivity index (χ1v) is 45.8. The van der Waals surface area contributed by atoms with E-state index in [4.69, 9.17) is 23.7 Å². The number of amides is 1. The molecule has 10 aromatic rings. The molecule has 15 heterocycles. The molecule has 0 atom stereocenters. The predicted molar refractivity (Wildman–Crippen MR) is 462 cm³/mol. The Hall–Kier alpha value is -11.4. The number of rotatable bonds is 27. The van der Waals surface area contributed by atoms with E-state index in [1.54, 1.807) is 111 Å². The van der Waals surface area contributed by atoms with Crippen molar-refractivity contribution in [1.82, 2.24) is 63.4 Å². The largest absolute Gasteiger partial charge is 0.489 e. The number of carbonyl (C=O) groups is 6. The van der Waals surface area contributed by atoms with Crippen molar-refractivity contribution in [3.8, 4) is 28.7 Å². The quantitative estimate of drug-likeness (QED) is 0.0432. The monoisotopic (exact) mass is 1730 g/mol. The van der Waals surface area contributed by atoms with Gasteiger partial charge in [0.15, 0.2) is 28.9 Å². The topological polar surface area (TPSA) is 373 Å². The molecule has 33 heteroatoms. The van der Waals surface area contributed by atoms with E-state index in [0.29, 0.717) is 125 Å². The van der Waals surface area contributed by atoms with Gasteiger partial charge < -0.3 is 28.6 Å². The number of likely N-dealkylation sites (tertiary alicyclic amines) is 1. The van der Waals surface area contributed by atoms with Gasteiger partial charge in [-0.15, -0.1) is 0 Å². The van der Waals surface area contributed by atoms with Crippen LogP contribution < -0.4 is 23.7 Å². The van der Waals surface area contributed by atoms with Gasteiger partial charge in [0.2, 0.25) is 26.0 Å². The third-order valence-electron chi connectivity index (χ3n) is 19.4. The Morgan fingerprint density at radius 3 is 0.779 bits per heavy atom. The minimum Gasteiger partial charge on any atom is -0.489 e. The fourth-order valence-electron chi connectivity index (χ4n) is 12.5. The van der Waals surface area contributed by atoms with Gasteiger partial charge in [-0.3, -0.25) is 57.9 Å².